The number of hydrogen-bond acceptors (Lipinski definition) is 5. The van der Waals surface area contributed by atoms with E-state index in [0.29, 0.717) is 12.2 Å². The molecule has 7 heteroatoms. The highest BCUT2D eigenvalue weighted by Gasteiger charge is 2.08. The van der Waals surface area contributed by atoms with Gasteiger partial charge in [-0.25, -0.2) is 0 Å². The molecule has 0 heterocycles. The summed E-state index contributed by atoms with van der Waals surface area (Å²) in [5.41, 5.74) is -0.0196. The van der Waals surface area contributed by atoms with Crippen LogP contribution in [0.1, 0.15) is 19.3 Å². The van der Waals surface area contributed by atoms with Gasteiger partial charge in [0.2, 0.25) is 0 Å². The second-order valence-corrected chi connectivity index (χ2v) is 3.97. The van der Waals surface area contributed by atoms with Gasteiger partial charge in [0, 0.05) is 25.0 Å². The number of nitro groups is 1. The summed E-state index contributed by atoms with van der Waals surface area (Å²) in [4.78, 5) is 20.2. The number of ether oxygens (including phenoxy) is 1. The van der Waals surface area contributed by atoms with Crippen LogP contribution in [0.4, 0.5) is 5.69 Å². The van der Waals surface area contributed by atoms with Crippen LogP contribution in [0.2, 0.25) is 0 Å². The summed E-state index contributed by atoms with van der Waals surface area (Å²) >= 11 is 0. The molecule has 0 amide bonds. The number of carboxylic acids is 1. The number of hydrogen-bond donors (Lipinski definition) is 2. The third-order valence-corrected chi connectivity index (χ3v) is 2.46. The minimum absolute atomic E-state index is 0.0196. The molecule has 1 rings (SSSR count). The molecular weight excluding hydrogens is 254 g/mol. The zero-order chi connectivity index (χ0) is 14.3. The SMILES string of the molecule is O=C(O)CCC(O)CCOc1ccc([N+](=O)[O-])cc1. The maximum absolute atomic E-state index is 10.4. The van der Waals surface area contributed by atoms with Gasteiger partial charge in [-0.2, -0.15) is 0 Å². The van der Waals surface area contributed by atoms with Gasteiger partial charge in [0.1, 0.15) is 5.75 Å². The molecule has 1 aromatic rings. The van der Waals surface area contributed by atoms with Gasteiger partial charge in [-0.3, -0.25) is 14.9 Å². The minimum Gasteiger partial charge on any atom is -0.493 e. The van der Waals surface area contributed by atoms with Gasteiger partial charge in [-0.05, 0) is 18.6 Å². The maximum atomic E-state index is 10.4. The van der Waals surface area contributed by atoms with Crippen molar-refractivity contribution in [2.24, 2.45) is 0 Å². The number of rotatable bonds is 8. The number of aliphatic carboxylic acids is 1. The van der Waals surface area contributed by atoms with E-state index < -0.39 is 17.0 Å². The Hall–Kier alpha value is -2.15. The second kappa shape index (κ2) is 7.32. The van der Waals surface area contributed by atoms with Gasteiger partial charge in [-0.1, -0.05) is 0 Å². The number of non-ortho nitro benzene ring substituents is 1. The standard InChI is InChI=1S/C12H15NO6/c14-10(3-6-12(15)16)7-8-19-11-4-1-9(2-5-11)13(17)18/h1-2,4-5,10,14H,3,6-8H2,(H,15,16). The predicted octanol–water partition coefficient (Wildman–Crippen LogP) is 1.59. The Balaban J connectivity index is 2.29. The van der Waals surface area contributed by atoms with Gasteiger partial charge in [-0.15, -0.1) is 0 Å². The molecule has 0 aromatic heterocycles. The molecule has 19 heavy (non-hydrogen) atoms. The largest absolute Gasteiger partial charge is 0.493 e. The molecule has 0 bridgehead atoms. The highest BCUT2D eigenvalue weighted by molar-refractivity contribution is 5.66. The summed E-state index contributed by atoms with van der Waals surface area (Å²) in [6.07, 6.45) is -0.323. The average molecular weight is 269 g/mol. The van der Waals surface area contributed by atoms with Crippen molar-refractivity contribution in [3.05, 3.63) is 34.4 Å². The molecule has 0 saturated carbocycles. The van der Waals surface area contributed by atoms with E-state index in [1.807, 2.05) is 0 Å². The summed E-state index contributed by atoms with van der Waals surface area (Å²) in [5, 5.41) is 28.3. The maximum Gasteiger partial charge on any atom is 0.303 e. The first-order chi connectivity index (χ1) is 8.99. The molecule has 7 nitrogen and oxygen atoms in total. The summed E-state index contributed by atoms with van der Waals surface area (Å²) in [5.74, 6) is -0.480. The van der Waals surface area contributed by atoms with Crippen LogP contribution in [0, 0.1) is 10.1 Å². The number of carboxylic acid groups (broad SMARTS) is 1. The van der Waals surface area contributed by atoms with Crippen molar-refractivity contribution in [3.8, 4) is 5.75 Å². The molecule has 0 spiro atoms. The van der Waals surface area contributed by atoms with Gasteiger partial charge in [0.05, 0.1) is 17.6 Å². The Morgan fingerprint density at radius 2 is 1.95 bits per heavy atom. The first-order valence-corrected chi connectivity index (χ1v) is 5.76. The van der Waals surface area contributed by atoms with Gasteiger partial charge in [0.15, 0.2) is 0 Å². The molecule has 0 aliphatic heterocycles. The average Bonchev–Trinajstić information content (AvgIpc) is 2.37. The predicted molar refractivity (Wildman–Crippen MR) is 66.1 cm³/mol. The molecule has 0 radical (unpaired) electrons. The number of nitro benzene ring substituents is 1. The molecular formula is C12H15NO6. The highest BCUT2D eigenvalue weighted by Crippen LogP contribution is 2.17. The second-order valence-electron chi connectivity index (χ2n) is 3.97. The van der Waals surface area contributed by atoms with Crippen LogP contribution in [0.15, 0.2) is 24.3 Å². The van der Waals surface area contributed by atoms with Crippen molar-refractivity contribution in [1.82, 2.24) is 0 Å². The van der Waals surface area contributed by atoms with E-state index >= 15 is 0 Å². The molecule has 104 valence electrons. The summed E-state index contributed by atoms with van der Waals surface area (Å²) < 4.78 is 5.29. The molecule has 1 atom stereocenters. The van der Waals surface area contributed by atoms with Crippen molar-refractivity contribution in [1.29, 1.82) is 0 Å². The Morgan fingerprint density at radius 1 is 1.32 bits per heavy atom. The van der Waals surface area contributed by atoms with Crippen LogP contribution in [-0.4, -0.2) is 33.8 Å². The number of carbonyl (C=O) groups is 1. The number of aliphatic hydroxyl groups excluding tert-OH is 1. The number of nitrogens with zero attached hydrogens (tertiary/aromatic N) is 1. The topological polar surface area (TPSA) is 110 Å². The normalized spacial score (nSPS) is 11.8. The monoisotopic (exact) mass is 269 g/mol. The van der Waals surface area contributed by atoms with Gasteiger partial charge in [0.25, 0.3) is 5.69 Å². The van der Waals surface area contributed by atoms with Crippen molar-refractivity contribution in [2.75, 3.05) is 6.61 Å². The third kappa shape index (κ3) is 5.82. The van der Waals surface area contributed by atoms with Crippen LogP contribution < -0.4 is 4.74 Å². The fraction of sp³-hybridized carbons (Fsp3) is 0.417. The smallest absolute Gasteiger partial charge is 0.303 e. The lowest BCUT2D eigenvalue weighted by molar-refractivity contribution is -0.384. The Bertz CT molecular complexity index is 430. The Morgan fingerprint density at radius 3 is 2.47 bits per heavy atom. The van der Waals surface area contributed by atoms with E-state index in [2.05, 4.69) is 0 Å². The van der Waals surface area contributed by atoms with E-state index in [1.54, 1.807) is 0 Å². The van der Waals surface area contributed by atoms with E-state index in [9.17, 15) is 20.0 Å². The lowest BCUT2D eigenvalue weighted by atomic mass is 10.1. The fourth-order valence-corrected chi connectivity index (χ4v) is 1.41. The Kier molecular flexibility index (Phi) is 5.74. The van der Waals surface area contributed by atoms with Crippen LogP contribution >= 0.6 is 0 Å². The van der Waals surface area contributed by atoms with Crippen LogP contribution in [0.25, 0.3) is 0 Å². The molecule has 2 N–H and O–H groups in total. The van der Waals surface area contributed by atoms with E-state index in [1.165, 1.54) is 24.3 Å². The quantitative estimate of drug-likeness (QED) is 0.547. The van der Waals surface area contributed by atoms with Gasteiger partial charge >= 0.3 is 5.97 Å². The highest BCUT2D eigenvalue weighted by atomic mass is 16.6. The zero-order valence-electron chi connectivity index (χ0n) is 10.2. The molecule has 0 fully saturated rings. The number of benzene rings is 1. The van der Waals surface area contributed by atoms with Crippen molar-refractivity contribution in [3.63, 3.8) is 0 Å². The van der Waals surface area contributed by atoms with E-state index in [0.717, 1.165) is 0 Å². The third-order valence-electron chi connectivity index (χ3n) is 2.46. The fourth-order valence-electron chi connectivity index (χ4n) is 1.41. The molecule has 1 aromatic carbocycles. The number of aliphatic hydroxyl groups is 1. The molecule has 0 saturated heterocycles. The van der Waals surface area contributed by atoms with Crippen molar-refractivity contribution < 1.29 is 24.7 Å². The van der Waals surface area contributed by atoms with Crippen molar-refractivity contribution in [2.45, 2.75) is 25.4 Å². The molecule has 1 unspecified atom stereocenters. The van der Waals surface area contributed by atoms with E-state index in [4.69, 9.17) is 9.84 Å². The lowest BCUT2D eigenvalue weighted by Gasteiger charge is -2.10. The minimum atomic E-state index is -0.949. The first-order valence-electron chi connectivity index (χ1n) is 5.76. The zero-order valence-corrected chi connectivity index (χ0v) is 10.2. The first kappa shape index (κ1) is 14.9. The lowest BCUT2D eigenvalue weighted by Crippen LogP contribution is -2.13. The van der Waals surface area contributed by atoms with Crippen LogP contribution in [0.3, 0.4) is 0 Å². The molecule has 0 aliphatic carbocycles. The van der Waals surface area contributed by atoms with Crippen LogP contribution in [0.5, 0.6) is 5.75 Å². The summed E-state index contributed by atoms with van der Waals surface area (Å²) in [6.45, 7) is 0.221. The van der Waals surface area contributed by atoms with Crippen LogP contribution in [-0.2, 0) is 4.79 Å². The Labute approximate surface area is 109 Å². The van der Waals surface area contributed by atoms with Gasteiger partial charge < -0.3 is 14.9 Å². The summed E-state index contributed by atoms with van der Waals surface area (Å²) in [6, 6.07) is 5.61. The van der Waals surface area contributed by atoms with Crippen molar-refractivity contribution >= 4 is 11.7 Å². The molecule has 0 aliphatic rings. The summed E-state index contributed by atoms with van der Waals surface area (Å²) in [7, 11) is 0. The van der Waals surface area contributed by atoms with E-state index in [-0.39, 0.29) is 25.1 Å².